The molecule has 1 aromatic rings. The van der Waals surface area contributed by atoms with E-state index < -0.39 is 0 Å². The summed E-state index contributed by atoms with van der Waals surface area (Å²) in [5.41, 5.74) is 2.77. The van der Waals surface area contributed by atoms with Crippen LogP contribution in [0, 0.1) is 6.92 Å². The van der Waals surface area contributed by atoms with E-state index in [4.69, 9.17) is 0 Å². The summed E-state index contributed by atoms with van der Waals surface area (Å²) in [7, 11) is 0. The van der Waals surface area contributed by atoms with Crippen molar-refractivity contribution in [1.29, 1.82) is 0 Å². The Hall–Kier alpha value is -0.870. The normalized spacial score (nSPS) is 15.6. The van der Waals surface area contributed by atoms with Gasteiger partial charge in [0.2, 0.25) is 5.91 Å². The fourth-order valence-electron chi connectivity index (χ4n) is 4.67. The molecule has 0 saturated carbocycles. The Morgan fingerprint density at radius 3 is 2.10 bits per heavy atom. The number of unbranched alkanes of at least 4 members (excludes halogenated alkanes) is 8. The third-order valence-corrected chi connectivity index (χ3v) is 6.81. The van der Waals surface area contributed by atoms with Crippen LogP contribution in [-0.4, -0.2) is 48.0 Å². The maximum Gasteiger partial charge on any atom is 0.222 e. The largest absolute Gasteiger partial charge is 1.00 e. The Morgan fingerprint density at radius 1 is 0.933 bits per heavy atom. The van der Waals surface area contributed by atoms with E-state index in [9.17, 15) is 4.79 Å². The van der Waals surface area contributed by atoms with Crippen LogP contribution in [0.3, 0.4) is 0 Å². The van der Waals surface area contributed by atoms with E-state index in [0.29, 0.717) is 5.91 Å². The monoisotopic (exact) mass is 480 g/mol. The van der Waals surface area contributed by atoms with E-state index in [-0.39, 0.29) is 17.0 Å². The second-order valence-corrected chi connectivity index (χ2v) is 9.21. The maximum atomic E-state index is 12.6. The molecule has 3 nitrogen and oxygen atoms in total. The molecule has 0 unspecified atom stereocenters. The lowest BCUT2D eigenvalue weighted by Crippen LogP contribution is -3.00. The minimum atomic E-state index is 0. The van der Waals surface area contributed by atoms with Crippen molar-refractivity contribution in [2.75, 3.05) is 32.7 Å². The van der Waals surface area contributed by atoms with Crippen LogP contribution in [0.1, 0.15) is 89.2 Å². The quantitative estimate of drug-likeness (QED) is 0.313. The van der Waals surface area contributed by atoms with Gasteiger partial charge in [-0.05, 0) is 20.3 Å². The highest BCUT2D eigenvalue weighted by atomic mass is 79.9. The molecule has 1 fully saturated rings. The van der Waals surface area contributed by atoms with Gasteiger partial charge in [0.05, 0.1) is 32.7 Å². The number of benzene rings is 1. The Morgan fingerprint density at radius 2 is 1.53 bits per heavy atom. The number of hydrogen-bond acceptors (Lipinski definition) is 1. The van der Waals surface area contributed by atoms with Crippen LogP contribution in [0.25, 0.3) is 0 Å². The smallest absolute Gasteiger partial charge is 0.222 e. The van der Waals surface area contributed by atoms with Gasteiger partial charge >= 0.3 is 0 Å². The first-order valence-corrected chi connectivity index (χ1v) is 12.3. The van der Waals surface area contributed by atoms with Crippen LogP contribution in [0.5, 0.6) is 0 Å². The van der Waals surface area contributed by atoms with Gasteiger partial charge in [0.25, 0.3) is 0 Å². The van der Waals surface area contributed by atoms with Crippen LogP contribution in [0.15, 0.2) is 24.3 Å². The fraction of sp³-hybridized carbons (Fsp3) is 0.731. The second-order valence-electron chi connectivity index (χ2n) is 9.21. The predicted molar refractivity (Wildman–Crippen MR) is 124 cm³/mol. The molecule has 1 amide bonds. The number of aryl methyl sites for hydroxylation is 1. The molecule has 0 bridgehead atoms. The van der Waals surface area contributed by atoms with Gasteiger partial charge in [0, 0.05) is 12.0 Å². The van der Waals surface area contributed by atoms with Crippen LogP contribution in [0.2, 0.25) is 0 Å². The van der Waals surface area contributed by atoms with Crippen molar-refractivity contribution in [3.63, 3.8) is 0 Å². The molecule has 1 aliphatic heterocycles. The fourth-order valence-corrected chi connectivity index (χ4v) is 4.67. The van der Waals surface area contributed by atoms with E-state index in [0.717, 1.165) is 56.6 Å². The number of carbonyl (C=O) groups is 1. The van der Waals surface area contributed by atoms with Crippen molar-refractivity contribution < 1.29 is 26.3 Å². The molecule has 172 valence electrons. The molecular formula is C26H45BrN2O. The van der Waals surface area contributed by atoms with Gasteiger partial charge in [-0.15, -0.1) is 0 Å². The summed E-state index contributed by atoms with van der Waals surface area (Å²) in [5.74, 6) is 0.386. The van der Waals surface area contributed by atoms with E-state index in [2.05, 4.69) is 49.9 Å². The zero-order valence-corrected chi connectivity index (χ0v) is 21.4. The van der Waals surface area contributed by atoms with Crippen molar-refractivity contribution in [1.82, 2.24) is 4.90 Å². The predicted octanol–water partition coefficient (Wildman–Crippen LogP) is 3.10. The molecule has 0 N–H and O–H groups in total. The van der Waals surface area contributed by atoms with E-state index >= 15 is 0 Å². The number of nitrogens with zero attached hydrogens (tertiary/aromatic N) is 2. The Bertz CT molecular complexity index is 596. The zero-order valence-electron chi connectivity index (χ0n) is 19.8. The van der Waals surface area contributed by atoms with E-state index in [1.807, 2.05) is 0 Å². The highest BCUT2D eigenvalue weighted by Crippen LogP contribution is 2.20. The first-order chi connectivity index (χ1) is 14.1. The number of carbonyl (C=O) groups excluding carboxylic acids is 1. The molecule has 0 atom stereocenters. The van der Waals surface area contributed by atoms with Gasteiger partial charge in [-0.25, -0.2) is 0 Å². The Balaban J connectivity index is 0.00000450. The first-order valence-electron chi connectivity index (χ1n) is 12.3. The van der Waals surface area contributed by atoms with Gasteiger partial charge in [0.15, 0.2) is 0 Å². The third kappa shape index (κ3) is 9.51. The average Bonchev–Trinajstić information content (AvgIpc) is 2.73. The summed E-state index contributed by atoms with van der Waals surface area (Å²) in [6.07, 6.45) is 12.5. The van der Waals surface area contributed by atoms with Gasteiger partial charge < -0.3 is 26.4 Å². The molecule has 0 aliphatic carbocycles. The van der Waals surface area contributed by atoms with Crippen molar-refractivity contribution in [2.24, 2.45) is 0 Å². The topological polar surface area (TPSA) is 20.3 Å². The lowest BCUT2D eigenvalue weighted by Gasteiger charge is -2.44. The van der Waals surface area contributed by atoms with Crippen molar-refractivity contribution in [2.45, 2.75) is 91.5 Å². The average molecular weight is 482 g/mol. The van der Waals surface area contributed by atoms with Crippen LogP contribution in [0.4, 0.5) is 0 Å². The molecule has 30 heavy (non-hydrogen) atoms. The SMILES string of the molecule is CCCCCCCCCCCC(=O)N1CC[N+](CC)(Cc2cccc(C)c2)CC1.[Br-]. The molecule has 1 aromatic carbocycles. The zero-order chi connectivity index (χ0) is 21.0. The highest BCUT2D eigenvalue weighted by molar-refractivity contribution is 5.76. The number of rotatable bonds is 13. The minimum Gasteiger partial charge on any atom is -1.00 e. The Kier molecular flexibility index (Phi) is 13.6. The lowest BCUT2D eigenvalue weighted by molar-refractivity contribution is -0.942. The summed E-state index contributed by atoms with van der Waals surface area (Å²) in [6.45, 7) is 13.0. The molecule has 2 rings (SSSR count). The van der Waals surface area contributed by atoms with Crippen molar-refractivity contribution >= 4 is 5.91 Å². The van der Waals surface area contributed by atoms with Crippen LogP contribution in [-0.2, 0) is 11.3 Å². The van der Waals surface area contributed by atoms with E-state index in [1.165, 1.54) is 62.5 Å². The number of quaternary nitrogens is 1. The summed E-state index contributed by atoms with van der Waals surface area (Å²) in [6, 6.07) is 8.91. The lowest BCUT2D eigenvalue weighted by atomic mass is 10.1. The van der Waals surface area contributed by atoms with Gasteiger partial charge in [-0.2, -0.15) is 0 Å². The molecule has 0 spiro atoms. The summed E-state index contributed by atoms with van der Waals surface area (Å²) in [4.78, 5) is 14.8. The molecule has 0 radical (unpaired) electrons. The summed E-state index contributed by atoms with van der Waals surface area (Å²) >= 11 is 0. The number of piperazine rings is 1. The first kappa shape index (κ1) is 27.2. The molecule has 4 heteroatoms. The van der Waals surface area contributed by atoms with Crippen LogP contribution < -0.4 is 17.0 Å². The number of likely N-dealkylation sites (N-methyl/N-ethyl adjacent to an activating group) is 1. The molecule has 1 aliphatic rings. The summed E-state index contributed by atoms with van der Waals surface area (Å²) < 4.78 is 1.12. The van der Waals surface area contributed by atoms with Crippen molar-refractivity contribution in [3.05, 3.63) is 35.4 Å². The number of amides is 1. The standard InChI is InChI=1S/C26H45N2O.BrH/c1-4-6-7-8-9-10-11-12-13-17-26(29)27-18-20-28(5-2,21-19-27)23-25-16-14-15-24(3)22-25;/h14-16,22H,4-13,17-21,23H2,1-3H3;1H/q+1;/p-1. The second kappa shape index (κ2) is 15.0. The number of hydrogen-bond donors (Lipinski definition) is 0. The van der Waals surface area contributed by atoms with Gasteiger partial charge in [0.1, 0.15) is 6.54 Å². The maximum absolute atomic E-state index is 12.6. The van der Waals surface area contributed by atoms with Crippen molar-refractivity contribution in [3.8, 4) is 0 Å². The van der Waals surface area contributed by atoms with E-state index in [1.54, 1.807) is 0 Å². The minimum absolute atomic E-state index is 0. The van der Waals surface area contributed by atoms with Crippen LogP contribution >= 0.6 is 0 Å². The molecular weight excluding hydrogens is 436 g/mol. The molecule has 1 heterocycles. The Labute approximate surface area is 196 Å². The highest BCUT2D eigenvalue weighted by Gasteiger charge is 2.33. The van der Waals surface area contributed by atoms with Gasteiger partial charge in [-0.3, -0.25) is 4.79 Å². The third-order valence-electron chi connectivity index (χ3n) is 6.81. The number of halogens is 1. The van der Waals surface area contributed by atoms with Gasteiger partial charge in [-0.1, -0.05) is 88.1 Å². The summed E-state index contributed by atoms with van der Waals surface area (Å²) in [5, 5.41) is 0. The molecule has 1 saturated heterocycles. The molecule has 0 aromatic heterocycles.